The fourth-order valence-electron chi connectivity index (χ4n) is 3.13. The van der Waals surface area contributed by atoms with E-state index in [0.29, 0.717) is 10.8 Å². The van der Waals surface area contributed by atoms with Gasteiger partial charge in [-0.3, -0.25) is 9.52 Å². The number of amides is 1. The SMILES string of the molecule is CS(=O)(=O)Nc1ccc(-c2csc(NC(=O)C3(c4ccccc4)CC3)n2)cc1. The average Bonchev–Trinajstić information content (AvgIpc) is 3.36. The molecule has 1 saturated carbocycles. The van der Waals surface area contributed by atoms with E-state index in [-0.39, 0.29) is 5.91 Å². The summed E-state index contributed by atoms with van der Waals surface area (Å²) in [6.07, 6.45) is 2.80. The number of carbonyl (C=O) groups excluding carboxylic acids is 1. The van der Waals surface area contributed by atoms with Crippen LogP contribution in [0.2, 0.25) is 0 Å². The topological polar surface area (TPSA) is 88.2 Å². The Bertz CT molecular complexity index is 1100. The van der Waals surface area contributed by atoms with Gasteiger partial charge in [-0.05, 0) is 30.5 Å². The number of nitrogens with one attached hydrogen (secondary N) is 2. The lowest BCUT2D eigenvalue weighted by atomic mass is 9.95. The minimum Gasteiger partial charge on any atom is -0.301 e. The number of rotatable bonds is 6. The maximum atomic E-state index is 12.8. The Hall–Kier alpha value is -2.71. The van der Waals surface area contributed by atoms with Gasteiger partial charge in [-0.15, -0.1) is 11.3 Å². The predicted octanol–water partition coefficient (Wildman–Crippen LogP) is 3.85. The Kier molecular flexibility index (Phi) is 4.68. The second kappa shape index (κ2) is 7.03. The number of hydrogen-bond donors (Lipinski definition) is 2. The normalized spacial score (nSPS) is 15.0. The summed E-state index contributed by atoms with van der Waals surface area (Å²) in [7, 11) is -3.31. The summed E-state index contributed by atoms with van der Waals surface area (Å²) in [5, 5.41) is 5.38. The van der Waals surface area contributed by atoms with Crippen LogP contribution >= 0.6 is 11.3 Å². The number of aromatic nitrogens is 1. The third-order valence-electron chi connectivity index (χ3n) is 4.72. The maximum Gasteiger partial charge on any atom is 0.236 e. The van der Waals surface area contributed by atoms with Crippen molar-refractivity contribution in [2.45, 2.75) is 18.3 Å². The van der Waals surface area contributed by atoms with E-state index in [4.69, 9.17) is 0 Å². The van der Waals surface area contributed by atoms with Crippen LogP contribution in [-0.2, 0) is 20.2 Å². The van der Waals surface area contributed by atoms with Crippen molar-refractivity contribution in [2.75, 3.05) is 16.3 Å². The molecule has 0 saturated heterocycles. The highest BCUT2D eigenvalue weighted by Gasteiger charge is 2.51. The number of anilines is 2. The molecule has 0 bridgehead atoms. The minimum absolute atomic E-state index is 0.0210. The summed E-state index contributed by atoms with van der Waals surface area (Å²) in [6.45, 7) is 0. The molecule has 0 aliphatic heterocycles. The second-order valence-corrected chi connectivity index (χ2v) is 9.50. The van der Waals surface area contributed by atoms with Crippen LogP contribution in [0.25, 0.3) is 11.3 Å². The van der Waals surface area contributed by atoms with Gasteiger partial charge in [0.1, 0.15) is 0 Å². The van der Waals surface area contributed by atoms with Crippen molar-refractivity contribution in [2.24, 2.45) is 0 Å². The molecule has 2 aromatic carbocycles. The monoisotopic (exact) mass is 413 g/mol. The Balaban J connectivity index is 1.47. The first-order valence-corrected chi connectivity index (χ1v) is 11.5. The van der Waals surface area contributed by atoms with Gasteiger partial charge in [0.25, 0.3) is 0 Å². The van der Waals surface area contributed by atoms with Crippen LogP contribution in [0.15, 0.2) is 60.0 Å². The standard InChI is InChI=1S/C20H19N3O3S2/c1-28(25,26)23-16-9-7-14(8-10-16)17-13-27-19(21-17)22-18(24)20(11-12-20)15-5-3-2-4-6-15/h2-10,13,23H,11-12H2,1H3,(H,21,22,24). The quantitative estimate of drug-likeness (QED) is 0.642. The van der Waals surface area contributed by atoms with Crippen molar-refractivity contribution >= 4 is 38.1 Å². The molecule has 6 nitrogen and oxygen atoms in total. The molecule has 1 fully saturated rings. The predicted molar refractivity (Wildman–Crippen MR) is 112 cm³/mol. The molecule has 3 aromatic rings. The molecule has 28 heavy (non-hydrogen) atoms. The molecule has 8 heteroatoms. The van der Waals surface area contributed by atoms with Gasteiger partial charge in [-0.1, -0.05) is 42.5 Å². The van der Waals surface area contributed by atoms with Gasteiger partial charge in [0.05, 0.1) is 17.4 Å². The van der Waals surface area contributed by atoms with Gasteiger partial charge in [-0.25, -0.2) is 13.4 Å². The molecule has 0 spiro atoms. The summed E-state index contributed by atoms with van der Waals surface area (Å²) in [6, 6.07) is 16.8. The van der Waals surface area contributed by atoms with Gasteiger partial charge in [0.2, 0.25) is 15.9 Å². The van der Waals surface area contributed by atoms with Crippen LogP contribution in [0.5, 0.6) is 0 Å². The van der Waals surface area contributed by atoms with E-state index in [0.717, 1.165) is 35.9 Å². The van der Waals surface area contributed by atoms with Crippen LogP contribution in [0.1, 0.15) is 18.4 Å². The van der Waals surface area contributed by atoms with Crippen molar-refractivity contribution < 1.29 is 13.2 Å². The van der Waals surface area contributed by atoms with Crippen molar-refractivity contribution in [3.05, 3.63) is 65.5 Å². The molecular formula is C20H19N3O3S2. The summed E-state index contributed by atoms with van der Waals surface area (Å²) < 4.78 is 25.0. The maximum absolute atomic E-state index is 12.8. The van der Waals surface area contributed by atoms with E-state index in [2.05, 4.69) is 15.0 Å². The molecule has 1 aromatic heterocycles. The highest BCUT2D eigenvalue weighted by atomic mass is 32.2. The average molecular weight is 414 g/mol. The number of sulfonamides is 1. The Labute approximate surface area is 167 Å². The number of carbonyl (C=O) groups is 1. The zero-order valence-corrected chi connectivity index (χ0v) is 16.8. The van der Waals surface area contributed by atoms with Crippen molar-refractivity contribution in [3.63, 3.8) is 0 Å². The summed E-state index contributed by atoms with van der Waals surface area (Å²) in [5.41, 5.74) is 2.68. The summed E-state index contributed by atoms with van der Waals surface area (Å²) in [5.74, 6) is -0.0210. The Morgan fingerprint density at radius 3 is 2.36 bits per heavy atom. The first-order valence-electron chi connectivity index (χ1n) is 8.76. The largest absolute Gasteiger partial charge is 0.301 e. The smallest absolute Gasteiger partial charge is 0.236 e. The first-order chi connectivity index (χ1) is 13.4. The highest BCUT2D eigenvalue weighted by Crippen LogP contribution is 2.49. The van der Waals surface area contributed by atoms with E-state index in [1.54, 1.807) is 24.3 Å². The fraction of sp³-hybridized carbons (Fsp3) is 0.200. The number of nitrogens with zero attached hydrogens (tertiary/aromatic N) is 1. The molecule has 1 aliphatic carbocycles. The second-order valence-electron chi connectivity index (χ2n) is 6.89. The first kappa shape index (κ1) is 18.6. The van der Waals surface area contributed by atoms with E-state index >= 15 is 0 Å². The van der Waals surface area contributed by atoms with E-state index in [9.17, 15) is 13.2 Å². The zero-order chi connectivity index (χ0) is 19.8. The number of hydrogen-bond acceptors (Lipinski definition) is 5. The molecule has 0 atom stereocenters. The van der Waals surface area contributed by atoms with Crippen LogP contribution in [-0.4, -0.2) is 25.6 Å². The number of benzene rings is 2. The molecule has 1 heterocycles. The lowest BCUT2D eigenvalue weighted by Crippen LogP contribution is -2.27. The van der Waals surface area contributed by atoms with Gasteiger partial charge in [-0.2, -0.15) is 0 Å². The van der Waals surface area contributed by atoms with E-state index in [1.165, 1.54) is 11.3 Å². The third-order valence-corrected chi connectivity index (χ3v) is 6.08. The van der Waals surface area contributed by atoms with Crippen molar-refractivity contribution in [1.82, 2.24) is 4.98 Å². The third kappa shape index (κ3) is 3.93. The van der Waals surface area contributed by atoms with Crippen LogP contribution in [0.4, 0.5) is 10.8 Å². The molecule has 1 amide bonds. The van der Waals surface area contributed by atoms with Gasteiger partial charge in [0, 0.05) is 16.6 Å². The van der Waals surface area contributed by atoms with Crippen molar-refractivity contribution in [3.8, 4) is 11.3 Å². The molecule has 0 unspecified atom stereocenters. The van der Waals surface area contributed by atoms with Crippen molar-refractivity contribution in [1.29, 1.82) is 0 Å². The van der Waals surface area contributed by atoms with Crippen LogP contribution in [0, 0.1) is 0 Å². The van der Waals surface area contributed by atoms with Gasteiger partial charge < -0.3 is 5.32 Å². The van der Waals surface area contributed by atoms with E-state index < -0.39 is 15.4 Å². The van der Waals surface area contributed by atoms with E-state index in [1.807, 2.05) is 35.7 Å². The minimum atomic E-state index is -3.31. The lowest BCUT2D eigenvalue weighted by molar-refractivity contribution is -0.118. The molecule has 0 radical (unpaired) electrons. The summed E-state index contributed by atoms with van der Waals surface area (Å²) in [4.78, 5) is 17.3. The zero-order valence-electron chi connectivity index (χ0n) is 15.2. The molecule has 2 N–H and O–H groups in total. The fourth-order valence-corrected chi connectivity index (χ4v) is 4.41. The van der Waals surface area contributed by atoms with Gasteiger partial charge >= 0.3 is 0 Å². The molecular weight excluding hydrogens is 394 g/mol. The van der Waals surface area contributed by atoms with Gasteiger partial charge in [0.15, 0.2) is 5.13 Å². The summed E-state index contributed by atoms with van der Waals surface area (Å²) >= 11 is 1.37. The number of thiazole rings is 1. The lowest BCUT2D eigenvalue weighted by Gasteiger charge is -2.14. The molecule has 144 valence electrons. The highest BCUT2D eigenvalue weighted by molar-refractivity contribution is 7.92. The Morgan fingerprint density at radius 1 is 1.07 bits per heavy atom. The Morgan fingerprint density at radius 2 is 1.75 bits per heavy atom. The molecule has 1 aliphatic rings. The van der Waals surface area contributed by atoms with Crippen LogP contribution in [0.3, 0.4) is 0 Å². The molecule has 4 rings (SSSR count). The van der Waals surface area contributed by atoms with Crippen LogP contribution < -0.4 is 10.0 Å².